The predicted octanol–water partition coefficient (Wildman–Crippen LogP) is 2.51. The smallest absolute Gasteiger partial charge is 0.219 e. The van der Waals surface area contributed by atoms with Crippen molar-refractivity contribution in [3.8, 4) is 5.75 Å². The van der Waals surface area contributed by atoms with Crippen molar-refractivity contribution in [3.63, 3.8) is 0 Å². The number of carbonyl (C=O) groups is 1. The van der Waals surface area contributed by atoms with Gasteiger partial charge in [0.15, 0.2) is 0 Å². The molecule has 0 bridgehead atoms. The van der Waals surface area contributed by atoms with Crippen molar-refractivity contribution in [1.29, 1.82) is 0 Å². The molecule has 5 nitrogen and oxygen atoms in total. The van der Waals surface area contributed by atoms with E-state index in [1.165, 1.54) is 5.69 Å². The van der Waals surface area contributed by atoms with Gasteiger partial charge >= 0.3 is 0 Å². The van der Waals surface area contributed by atoms with E-state index in [1.54, 1.807) is 7.11 Å². The van der Waals surface area contributed by atoms with E-state index in [1.807, 2.05) is 12.1 Å². The molecule has 1 aliphatic heterocycles. The second-order valence-electron chi connectivity index (χ2n) is 6.31. The van der Waals surface area contributed by atoms with Crippen molar-refractivity contribution in [3.05, 3.63) is 24.3 Å². The molecule has 1 aromatic carbocycles. The van der Waals surface area contributed by atoms with Crippen molar-refractivity contribution in [2.45, 2.75) is 32.6 Å². The van der Waals surface area contributed by atoms with Crippen LogP contribution in [0, 0.1) is 0 Å². The zero-order valence-electron chi connectivity index (χ0n) is 15.1. The maximum Gasteiger partial charge on any atom is 0.219 e. The lowest BCUT2D eigenvalue weighted by Gasteiger charge is -2.36. The van der Waals surface area contributed by atoms with Crippen LogP contribution in [0.4, 0.5) is 5.69 Å². The molecule has 1 fully saturated rings. The lowest BCUT2D eigenvalue weighted by atomic mass is 10.2. The van der Waals surface area contributed by atoms with Gasteiger partial charge in [-0.2, -0.15) is 0 Å². The first-order chi connectivity index (χ1) is 11.7. The monoisotopic (exact) mass is 333 g/mol. The summed E-state index contributed by atoms with van der Waals surface area (Å²) < 4.78 is 5.46. The standard InChI is InChI=1S/C19H31N3O2/c1-3-4-10-19(23)20-11-7-12-21-13-15-22(16-14-21)17-8-5-6-9-18(17)24-2/h5-6,8-9H,3-4,7,10-16H2,1-2H3,(H,20,23). The van der Waals surface area contributed by atoms with Crippen LogP contribution in [0.25, 0.3) is 0 Å². The minimum atomic E-state index is 0.192. The quantitative estimate of drug-likeness (QED) is 0.705. The summed E-state index contributed by atoms with van der Waals surface area (Å²) in [4.78, 5) is 16.4. The van der Waals surface area contributed by atoms with Crippen LogP contribution in [0.15, 0.2) is 24.3 Å². The minimum Gasteiger partial charge on any atom is -0.495 e. The number of amides is 1. The summed E-state index contributed by atoms with van der Waals surface area (Å²) in [5, 5.41) is 3.01. The van der Waals surface area contributed by atoms with E-state index >= 15 is 0 Å². The maximum absolute atomic E-state index is 11.6. The normalized spacial score (nSPS) is 15.3. The number of methoxy groups -OCH3 is 1. The average molecular weight is 333 g/mol. The summed E-state index contributed by atoms with van der Waals surface area (Å²) >= 11 is 0. The van der Waals surface area contributed by atoms with Crippen LogP contribution < -0.4 is 15.0 Å². The molecule has 5 heteroatoms. The SMILES string of the molecule is CCCCC(=O)NCCCN1CCN(c2ccccc2OC)CC1. The third kappa shape index (κ3) is 5.71. The molecule has 1 saturated heterocycles. The van der Waals surface area contributed by atoms with E-state index < -0.39 is 0 Å². The Bertz CT molecular complexity index is 499. The molecule has 0 aliphatic carbocycles. The molecular weight excluding hydrogens is 302 g/mol. The zero-order chi connectivity index (χ0) is 17.2. The topological polar surface area (TPSA) is 44.8 Å². The Kier molecular flexibility index (Phi) is 7.89. The fourth-order valence-corrected chi connectivity index (χ4v) is 3.06. The Labute approximate surface area is 146 Å². The van der Waals surface area contributed by atoms with Gasteiger partial charge in [-0.1, -0.05) is 25.5 Å². The summed E-state index contributed by atoms with van der Waals surface area (Å²) in [6.07, 6.45) is 3.74. The van der Waals surface area contributed by atoms with Crippen LogP contribution in [0.1, 0.15) is 32.6 Å². The number of ether oxygens (including phenoxy) is 1. The van der Waals surface area contributed by atoms with Gasteiger partial charge in [0.2, 0.25) is 5.91 Å². The number of nitrogens with zero attached hydrogens (tertiary/aromatic N) is 2. The number of benzene rings is 1. The average Bonchev–Trinajstić information content (AvgIpc) is 2.64. The van der Waals surface area contributed by atoms with Gasteiger partial charge in [-0.05, 0) is 31.5 Å². The van der Waals surface area contributed by atoms with Gasteiger partial charge < -0.3 is 15.0 Å². The van der Waals surface area contributed by atoms with Crippen LogP contribution in [0.5, 0.6) is 5.75 Å². The van der Waals surface area contributed by atoms with Gasteiger partial charge in [0, 0.05) is 39.1 Å². The fraction of sp³-hybridized carbons (Fsp3) is 0.632. The maximum atomic E-state index is 11.6. The predicted molar refractivity (Wildman–Crippen MR) is 98.8 cm³/mol. The van der Waals surface area contributed by atoms with Gasteiger partial charge in [0.25, 0.3) is 0 Å². The Morgan fingerprint density at radius 2 is 1.92 bits per heavy atom. The van der Waals surface area contributed by atoms with Crippen LogP contribution in [0.3, 0.4) is 0 Å². The highest BCUT2D eigenvalue weighted by Crippen LogP contribution is 2.28. The Morgan fingerprint density at radius 3 is 2.62 bits per heavy atom. The summed E-state index contributed by atoms with van der Waals surface area (Å²) in [6, 6.07) is 8.21. The van der Waals surface area contributed by atoms with E-state index in [0.717, 1.165) is 64.3 Å². The van der Waals surface area contributed by atoms with Crippen molar-refractivity contribution < 1.29 is 9.53 Å². The van der Waals surface area contributed by atoms with Crippen molar-refractivity contribution in [1.82, 2.24) is 10.2 Å². The molecule has 0 unspecified atom stereocenters. The van der Waals surface area contributed by atoms with Crippen LogP contribution in [0.2, 0.25) is 0 Å². The van der Waals surface area contributed by atoms with Crippen LogP contribution in [-0.2, 0) is 4.79 Å². The van der Waals surface area contributed by atoms with Gasteiger partial charge in [0.1, 0.15) is 5.75 Å². The molecule has 0 radical (unpaired) electrons. The molecule has 1 aliphatic rings. The van der Waals surface area contributed by atoms with E-state index in [4.69, 9.17) is 4.74 Å². The zero-order valence-corrected chi connectivity index (χ0v) is 15.1. The molecule has 2 rings (SSSR count). The molecule has 134 valence electrons. The largest absolute Gasteiger partial charge is 0.495 e. The van der Waals surface area contributed by atoms with Crippen LogP contribution in [-0.4, -0.2) is 57.2 Å². The molecule has 1 N–H and O–H groups in total. The third-order valence-electron chi connectivity index (χ3n) is 4.53. The molecule has 0 saturated carbocycles. The highest BCUT2D eigenvalue weighted by atomic mass is 16.5. The number of nitrogens with one attached hydrogen (secondary N) is 1. The first-order valence-corrected chi connectivity index (χ1v) is 9.11. The molecule has 24 heavy (non-hydrogen) atoms. The Balaban J connectivity index is 1.65. The number of rotatable bonds is 9. The first kappa shape index (κ1) is 18.6. The van der Waals surface area contributed by atoms with Crippen LogP contribution >= 0.6 is 0 Å². The number of anilines is 1. The van der Waals surface area contributed by atoms with E-state index in [9.17, 15) is 4.79 Å². The molecule has 1 amide bonds. The summed E-state index contributed by atoms with van der Waals surface area (Å²) in [5.41, 5.74) is 1.18. The Morgan fingerprint density at radius 1 is 1.17 bits per heavy atom. The van der Waals surface area contributed by atoms with Crippen molar-refractivity contribution >= 4 is 11.6 Å². The number of hydrogen-bond acceptors (Lipinski definition) is 4. The Hall–Kier alpha value is -1.75. The van der Waals surface area contributed by atoms with Crippen molar-refractivity contribution in [2.75, 3.05) is 51.3 Å². The molecule has 0 aromatic heterocycles. The molecule has 1 heterocycles. The highest BCUT2D eigenvalue weighted by Gasteiger charge is 2.19. The lowest BCUT2D eigenvalue weighted by Crippen LogP contribution is -2.47. The van der Waals surface area contributed by atoms with Gasteiger partial charge in [0.05, 0.1) is 12.8 Å². The number of unbranched alkanes of at least 4 members (excludes halogenated alkanes) is 1. The second-order valence-corrected chi connectivity index (χ2v) is 6.31. The molecule has 1 aromatic rings. The highest BCUT2D eigenvalue weighted by molar-refractivity contribution is 5.75. The number of piperazine rings is 1. The van der Waals surface area contributed by atoms with E-state index in [-0.39, 0.29) is 5.91 Å². The molecule has 0 atom stereocenters. The van der Waals surface area contributed by atoms with E-state index in [2.05, 4.69) is 34.2 Å². The number of para-hydroxylation sites is 2. The van der Waals surface area contributed by atoms with Gasteiger partial charge in [-0.3, -0.25) is 9.69 Å². The second kappa shape index (κ2) is 10.2. The lowest BCUT2D eigenvalue weighted by molar-refractivity contribution is -0.121. The first-order valence-electron chi connectivity index (χ1n) is 9.11. The summed E-state index contributed by atoms with van der Waals surface area (Å²) in [7, 11) is 1.73. The summed E-state index contributed by atoms with van der Waals surface area (Å²) in [5.74, 6) is 1.14. The molecular formula is C19H31N3O2. The minimum absolute atomic E-state index is 0.192. The number of hydrogen-bond donors (Lipinski definition) is 1. The van der Waals surface area contributed by atoms with Crippen molar-refractivity contribution in [2.24, 2.45) is 0 Å². The summed E-state index contributed by atoms with van der Waals surface area (Å²) in [6.45, 7) is 8.09. The van der Waals surface area contributed by atoms with Gasteiger partial charge in [-0.25, -0.2) is 0 Å². The van der Waals surface area contributed by atoms with Gasteiger partial charge in [-0.15, -0.1) is 0 Å². The fourth-order valence-electron chi connectivity index (χ4n) is 3.06. The van der Waals surface area contributed by atoms with E-state index in [0.29, 0.717) is 6.42 Å². The third-order valence-corrected chi connectivity index (χ3v) is 4.53. The number of carbonyl (C=O) groups excluding carboxylic acids is 1. The molecule has 0 spiro atoms.